The standard InChI is InChI=1S/C15H19N/c1-3-4-5-6-10-13-16(2)14-15-11-8-7-9-12-15/h3-12H,1,13-14H2,2H3/b5-4-,10-6+. The van der Waals surface area contributed by atoms with E-state index in [4.69, 9.17) is 0 Å². The molecule has 1 aromatic rings. The highest BCUT2D eigenvalue weighted by atomic mass is 15.1. The van der Waals surface area contributed by atoms with E-state index in [9.17, 15) is 0 Å². The van der Waals surface area contributed by atoms with E-state index < -0.39 is 0 Å². The lowest BCUT2D eigenvalue weighted by Gasteiger charge is -2.13. The summed E-state index contributed by atoms with van der Waals surface area (Å²) in [6, 6.07) is 10.5. The molecule has 0 aliphatic carbocycles. The number of likely N-dealkylation sites (N-methyl/N-ethyl adjacent to an activating group) is 1. The second-order valence-corrected chi connectivity index (χ2v) is 3.73. The van der Waals surface area contributed by atoms with Gasteiger partial charge >= 0.3 is 0 Å². The number of hydrogen-bond donors (Lipinski definition) is 0. The topological polar surface area (TPSA) is 3.24 Å². The highest BCUT2D eigenvalue weighted by Crippen LogP contribution is 2.02. The van der Waals surface area contributed by atoms with Crippen LogP contribution >= 0.6 is 0 Å². The van der Waals surface area contributed by atoms with E-state index in [1.807, 2.05) is 24.3 Å². The molecule has 0 amide bonds. The van der Waals surface area contributed by atoms with Crippen LogP contribution < -0.4 is 0 Å². The minimum Gasteiger partial charge on any atom is -0.298 e. The first-order valence-corrected chi connectivity index (χ1v) is 5.49. The highest BCUT2D eigenvalue weighted by molar-refractivity contribution is 5.14. The summed E-state index contributed by atoms with van der Waals surface area (Å²) in [7, 11) is 2.12. The third kappa shape index (κ3) is 5.32. The van der Waals surface area contributed by atoms with Crippen LogP contribution in [0.3, 0.4) is 0 Å². The summed E-state index contributed by atoms with van der Waals surface area (Å²) in [6.07, 6.45) is 9.88. The summed E-state index contributed by atoms with van der Waals surface area (Å²) in [5.41, 5.74) is 1.35. The van der Waals surface area contributed by atoms with Crippen LogP contribution in [0.4, 0.5) is 0 Å². The fourth-order valence-corrected chi connectivity index (χ4v) is 1.42. The van der Waals surface area contributed by atoms with Gasteiger partial charge in [-0.05, 0) is 12.6 Å². The van der Waals surface area contributed by atoms with Gasteiger partial charge in [-0.25, -0.2) is 0 Å². The zero-order chi connectivity index (χ0) is 11.6. The zero-order valence-electron chi connectivity index (χ0n) is 9.84. The SMILES string of the molecule is C=C/C=C\C=C\CN(C)Cc1ccccc1. The molecule has 0 atom stereocenters. The third-order valence-corrected chi connectivity index (χ3v) is 2.21. The van der Waals surface area contributed by atoms with Crippen molar-refractivity contribution in [1.82, 2.24) is 4.90 Å². The average molecular weight is 213 g/mol. The van der Waals surface area contributed by atoms with Crippen LogP contribution in [0.15, 0.2) is 67.3 Å². The van der Waals surface area contributed by atoms with E-state index >= 15 is 0 Å². The smallest absolute Gasteiger partial charge is 0.0233 e. The van der Waals surface area contributed by atoms with Gasteiger partial charge in [-0.1, -0.05) is 67.3 Å². The second-order valence-electron chi connectivity index (χ2n) is 3.73. The Hall–Kier alpha value is -1.60. The first-order valence-electron chi connectivity index (χ1n) is 5.49. The van der Waals surface area contributed by atoms with Gasteiger partial charge in [-0.15, -0.1) is 0 Å². The van der Waals surface area contributed by atoms with Gasteiger partial charge in [0.05, 0.1) is 0 Å². The molecule has 0 fully saturated rings. The Labute approximate surface area is 98.4 Å². The number of rotatable bonds is 6. The Morgan fingerprint density at radius 3 is 2.56 bits per heavy atom. The fourth-order valence-electron chi connectivity index (χ4n) is 1.42. The maximum absolute atomic E-state index is 3.62. The fraction of sp³-hybridized carbons (Fsp3) is 0.200. The van der Waals surface area contributed by atoms with Crippen molar-refractivity contribution in [2.75, 3.05) is 13.6 Å². The molecule has 0 spiro atoms. The Balaban J connectivity index is 2.31. The summed E-state index contributed by atoms with van der Waals surface area (Å²) in [5.74, 6) is 0. The molecule has 84 valence electrons. The molecule has 0 aliphatic rings. The van der Waals surface area contributed by atoms with Gasteiger partial charge in [0.15, 0.2) is 0 Å². The predicted molar refractivity (Wildman–Crippen MR) is 71.3 cm³/mol. The summed E-state index contributed by atoms with van der Waals surface area (Å²) in [5, 5.41) is 0. The van der Waals surface area contributed by atoms with E-state index in [1.165, 1.54) is 5.56 Å². The maximum atomic E-state index is 3.62. The minimum absolute atomic E-state index is 0.955. The molecule has 1 nitrogen and oxygen atoms in total. The summed E-state index contributed by atoms with van der Waals surface area (Å²) in [6.45, 7) is 5.56. The van der Waals surface area contributed by atoms with Gasteiger partial charge in [0, 0.05) is 13.1 Å². The van der Waals surface area contributed by atoms with E-state index in [1.54, 1.807) is 6.08 Å². The second kappa shape index (κ2) is 7.66. The molecule has 0 aromatic heterocycles. The molecule has 1 rings (SSSR count). The summed E-state index contributed by atoms with van der Waals surface area (Å²) in [4.78, 5) is 2.27. The first kappa shape index (κ1) is 12.5. The molecule has 0 aliphatic heterocycles. The molecular weight excluding hydrogens is 194 g/mol. The lowest BCUT2D eigenvalue weighted by atomic mass is 10.2. The van der Waals surface area contributed by atoms with E-state index in [0.717, 1.165) is 13.1 Å². The number of hydrogen-bond acceptors (Lipinski definition) is 1. The molecule has 16 heavy (non-hydrogen) atoms. The van der Waals surface area contributed by atoms with Gasteiger partial charge in [-0.3, -0.25) is 4.90 Å². The van der Waals surface area contributed by atoms with E-state index in [-0.39, 0.29) is 0 Å². The molecule has 0 radical (unpaired) electrons. The van der Waals surface area contributed by atoms with Crippen molar-refractivity contribution in [3.63, 3.8) is 0 Å². The number of benzene rings is 1. The number of allylic oxidation sites excluding steroid dienone is 4. The van der Waals surface area contributed by atoms with Crippen LogP contribution in [-0.2, 0) is 6.54 Å². The molecule has 0 saturated carbocycles. The average Bonchev–Trinajstić information content (AvgIpc) is 2.30. The van der Waals surface area contributed by atoms with Crippen molar-refractivity contribution in [3.8, 4) is 0 Å². The summed E-state index contributed by atoms with van der Waals surface area (Å²) < 4.78 is 0. The molecule has 1 aromatic carbocycles. The Kier molecular flexibility index (Phi) is 5.97. The lowest BCUT2D eigenvalue weighted by molar-refractivity contribution is 0.363. The van der Waals surface area contributed by atoms with Crippen molar-refractivity contribution in [3.05, 3.63) is 72.9 Å². The molecule has 0 unspecified atom stereocenters. The van der Waals surface area contributed by atoms with Crippen LogP contribution in [0.1, 0.15) is 5.56 Å². The van der Waals surface area contributed by atoms with Crippen LogP contribution in [0, 0.1) is 0 Å². The summed E-state index contributed by atoms with van der Waals surface area (Å²) >= 11 is 0. The molecule has 0 saturated heterocycles. The van der Waals surface area contributed by atoms with Gasteiger partial charge in [-0.2, -0.15) is 0 Å². The van der Waals surface area contributed by atoms with Gasteiger partial charge in [0.1, 0.15) is 0 Å². The van der Waals surface area contributed by atoms with Crippen LogP contribution in [0.2, 0.25) is 0 Å². The Morgan fingerprint density at radius 2 is 1.88 bits per heavy atom. The van der Waals surface area contributed by atoms with E-state index in [0.29, 0.717) is 0 Å². The molecule has 1 heteroatoms. The molecule has 0 heterocycles. The predicted octanol–water partition coefficient (Wildman–Crippen LogP) is 3.42. The lowest BCUT2D eigenvalue weighted by Crippen LogP contribution is -2.17. The van der Waals surface area contributed by atoms with Crippen molar-refractivity contribution in [2.45, 2.75) is 6.54 Å². The van der Waals surface area contributed by atoms with Crippen LogP contribution in [-0.4, -0.2) is 18.5 Å². The van der Waals surface area contributed by atoms with Gasteiger partial charge in [0.25, 0.3) is 0 Å². The van der Waals surface area contributed by atoms with Crippen molar-refractivity contribution >= 4 is 0 Å². The van der Waals surface area contributed by atoms with Crippen molar-refractivity contribution < 1.29 is 0 Å². The number of nitrogens with zero attached hydrogens (tertiary/aromatic N) is 1. The monoisotopic (exact) mass is 213 g/mol. The minimum atomic E-state index is 0.955. The largest absolute Gasteiger partial charge is 0.298 e. The van der Waals surface area contributed by atoms with Crippen LogP contribution in [0.25, 0.3) is 0 Å². The quantitative estimate of drug-likeness (QED) is 0.654. The molecule has 0 N–H and O–H groups in total. The van der Waals surface area contributed by atoms with Gasteiger partial charge < -0.3 is 0 Å². The Bertz CT molecular complexity index is 349. The van der Waals surface area contributed by atoms with Gasteiger partial charge in [0.2, 0.25) is 0 Å². The molecular formula is C15H19N. The highest BCUT2D eigenvalue weighted by Gasteiger charge is 1.96. The first-order chi connectivity index (χ1) is 7.83. The van der Waals surface area contributed by atoms with Crippen LogP contribution in [0.5, 0.6) is 0 Å². The van der Waals surface area contributed by atoms with Crippen molar-refractivity contribution in [1.29, 1.82) is 0 Å². The normalized spacial score (nSPS) is 11.6. The third-order valence-electron chi connectivity index (χ3n) is 2.21. The Morgan fingerprint density at radius 1 is 1.12 bits per heavy atom. The maximum Gasteiger partial charge on any atom is 0.0233 e. The van der Waals surface area contributed by atoms with Crippen molar-refractivity contribution in [2.24, 2.45) is 0 Å². The van der Waals surface area contributed by atoms with E-state index in [2.05, 4.69) is 48.9 Å². The zero-order valence-corrected chi connectivity index (χ0v) is 9.84. The molecule has 0 bridgehead atoms.